The molecule has 2 aromatic rings. The number of anilines is 1. The molecule has 1 aliphatic rings. The Kier molecular flexibility index (Phi) is 5.32. The number of para-hydroxylation sites is 1. The van der Waals surface area contributed by atoms with Gasteiger partial charge in [0.2, 0.25) is 0 Å². The van der Waals surface area contributed by atoms with Crippen molar-refractivity contribution in [2.24, 2.45) is 5.92 Å². The van der Waals surface area contributed by atoms with Gasteiger partial charge >= 0.3 is 0 Å². The molecule has 2 amide bonds. The molecule has 0 bridgehead atoms. The van der Waals surface area contributed by atoms with E-state index in [9.17, 15) is 9.59 Å². The second-order valence-electron chi connectivity index (χ2n) is 6.33. The first-order chi connectivity index (χ1) is 12.5. The van der Waals surface area contributed by atoms with E-state index in [1.54, 1.807) is 36.4 Å². The standard InChI is InChI=1S/C19H20ClN3O3/c1-12(2)18-21-16-6-4-3-5-15(16)19(25)23(18)22-17(24)11-26-14-9-7-13(20)8-10-14/h3-10,12,18,21H,11H2,1-2H3,(H,22,24). The molecule has 0 aliphatic carbocycles. The fraction of sp³-hybridized carbons (Fsp3) is 0.263. The van der Waals surface area contributed by atoms with Crippen molar-refractivity contribution >= 4 is 29.1 Å². The van der Waals surface area contributed by atoms with Gasteiger partial charge in [-0.25, -0.2) is 5.01 Å². The van der Waals surface area contributed by atoms with Gasteiger partial charge in [-0.3, -0.25) is 15.0 Å². The first-order valence-corrected chi connectivity index (χ1v) is 8.70. The van der Waals surface area contributed by atoms with Crippen LogP contribution < -0.4 is 15.5 Å². The molecule has 0 fully saturated rings. The van der Waals surface area contributed by atoms with Gasteiger partial charge in [-0.05, 0) is 42.3 Å². The maximum absolute atomic E-state index is 12.8. The number of hydrazine groups is 1. The lowest BCUT2D eigenvalue weighted by Crippen LogP contribution is -2.59. The minimum absolute atomic E-state index is 0.0878. The van der Waals surface area contributed by atoms with Crippen molar-refractivity contribution < 1.29 is 14.3 Å². The highest BCUT2D eigenvalue weighted by Gasteiger charge is 2.34. The average molecular weight is 374 g/mol. The smallest absolute Gasteiger partial charge is 0.276 e. The Hall–Kier alpha value is -2.73. The summed E-state index contributed by atoms with van der Waals surface area (Å²) in [5, 5.41) is 5.22. The van der Waals surface area contributed by atoms with E-state index in [2.05, 4.69) is 10.7 Å². The van der Waals surface area contributed by atoms with Gasteiger partial charge in [0.05, 0.1) is 5.56 Å². The number of fused-ring (bicyclic) bond motifs is 1. The van der Waals surface area contributed by atoms with Crippen LogP contribution in [0.15, 0.2) is 48.5 Å². The van der Waals surface area contributed by atoms with E-state index in [4.69, 9.17) is 16.3 Å². The molecule has 0 aromatic heterocycles. The van der Waals surface area contributed by atoms with E-state index < -0.39 is 5.91 Å². The summed E-state index contributed by atoms with van der Waals surface area (Å²) in [4.78, 5) is 25.1. The lowest BCUT2D eigenvalue weighted by atomic mass is 10.0. The first kappa shape index (κ1) is 18.1. The van der Waals surface area contributed by atoms with E-state index in [1.807, 2.05) is 26.0 Å². The molecule has 0 radical (unpaired) electrons. The quantitative estimate of drug-likeness (QED) is 0.843. The van der Waals surface area contributed by atoms with Crippen LogP contribution in [0.25, 0.3) is 0 Å². The van der Waals surface area contributed by atoms with Crippen molar-refractivity contribution in [3.63, 3.8) is 0 Å². The molecule has 1 atom stereocenters. The van der Waals surface area contributed by atoms with E-state index in [0.29, 0.717) is 16.3 Å². The Bertz CT molecular complexity index is 808. The van der Waals surface area contributed by atoms with Crippen molar-refractivity contribution in [3.05, 3.63) is 59.1 Å². The predicted octanol–water partition coefficient (Wildman–Crippen LogP) is 3.30. The number of ether oxygens (including phenoxy) is 1. The van der Waals surface area contributed by atoms with Gasteiger partial charge in [0.15, 0.2) is 6.61 Å². The van der Waals surface area contributed by atoms with Gasteiger partial charge < -0.3 is 10.1 Å². The largest absolute Gasteiger partial charge is 0.484 e. The van der Waals surface area contributed by atoms with Gasteiger partial charge in [0.25, 0.3) is 11.8 Å². The fourth-order valence-corrected chi connectivity index (χ4v) is 2.83. The number of halogens is 1. The molecule has 1 unspecified atom stereocenters. The van der Waals surface area contributed by atoms with E-state index in [-0.39, 0.29) is 24.6 Å². The lowest BCUT2D eigenvalue weighted by Gasteiger charge is -2.39. The van der Waals surface area contributed by atoms with Gasteiger partial charge in [-0.15, -0.1) is 0 Å². The highest BCUT2D eigenvalue weighted by Crippen LogP contribution is 2.26. The zero-order chi connectivity index (χ0) is 18.7. The molecule has 0 saturated heterocycles. The lowest BCUT2D eigenvalue weighted by molar-refractivity contribution is -0.128. The van der Waals surface area contributed by atoms with Gasteiger partial charge in [-0.1, -0.05) is 37.6 Å². The van der Waals surface area contributed by atoms with Crippen LogP contribution >= 0.6 is 11.6 Å². The van der Waals surface area contributed by atoms with Crippen molar-refractivity contribution in [2.75, 3.05) is 11.9 Å². The molecule has 2 N–H and O–H groups in total. The summed E-state index contributed by atoms with van der Waals surface area (Å²) in [5.41, 5.74) is 3.93. The second kappa shape index (κ2) is 7.66. The van der Waals surface area contributed by atoms with E-state index in [1.165, 1.54) is 5.01 Å². The minimum Gasteiger partial charge on any atom is -0.484 e. The Balaban J connectivity index is 1.69. The maximum atomic E-state index is 12.8. The van der Waals surface area contributed by atoms with E-state index in [0.717, 1.165) is 5.69 Å². The van der Waals surface area contributed by atoms with Crippen molar-refractivity contribution in [2.45, 2.75) is 20.0 Å². The Morgan fingerprint density at radius 3 is 2.62 bits per heavy atom. The topological polar surface area (TPSA) is 70.7 Å². The molecule has 1 heterocycles. The summed E-state index contributed by atoms with van der Waals surface area (Å²) in [6.45, 7) is 3.74. The normalized spacial score (nSPS) is 16.1. The van der Waals surface area contributed by atoms with Crippen LogP contribution in [0.2, 0.25) is 5.02 Å². The molecule has 1 aliphatic heterocycles. The summed E-state index contributed by atoms with van der Waals surface area (Å²) in [7, 11) is 0. The van der Waals surface area contributed by atoms with Gasteiger partial charge in [-0.2, -0.15) is 0 Å². The van der Waals surface area contributed by atoms with Crippen LogP contribution in [0.4, 0.5) is 5.69 Å². The molecule has 0 saturated carbocycles. The third-order valence-corrected chi connectivity index (χ3v) is 4.27. The predicted molar refractivity (Wildman–Crippen MR) is 99.9 cm³/mol. The monoisotopic (exact) mass is 373 g/mol. The minimum atomic E-state index is -0.417. The number of nitrogens with one attached hydrogen (secondary N) is 2. The van der Waals surface area contributed by atoms with Crippen LogP contribution in [0.3, 0.4) is 0 Å². The average Bonchev–Trinajstić information content (AvgIpc) is 2.63. The van der Waals surface area contributed by atoms with Crippen LogP contribution in [0.1, 0.15) is 24.2 Å². The maximum Gasteiger partial charge on any atom is 0.276 e. The molecule has 2 aromatic carbocycles. The molecule has 0 spiro atoms. The molecular formula is C19H20ClN3O3. The second-order valence-corrected chi connectivity index (χ2v) is 6.77. The number of carbonyl (C=O) groups excluding carboxylic acids is 2. The van der Waals surface area contributed by atoms with Crippen LogP contribution in [0.5, 0.6) is 5.75 Å². The Morgan fingerprint density at radius 2 is 1.92 bits per heavy atom. The molecule has 3 rings (SSSR count). The molecule has 7 heteroatoms. The summed E-state index contributed by atoms with van der Waals surface area (Å²) in [6, 6.07) is 13.9. The Morgan fingerprint density at radius 1 is 1.23 bits per heavy atom. The van der Waals surface area contributed by atoms with E-state index >= 15 is 0 Å². The van der Waals surface area contributed by atoms with Crippen molar-refractivity contribution in [1.29, 1.82) is 0 Å². The Labute approximate surface area is 157 Å². The molecule has 6 nitrogen and oxygen atoms in total. The number of amides is 2. The number of hydrogen-bond acceptors (Lipinski definition) is 4. The zero-order valence-electron chi connectivity index (χ0n) is 14.5. The number of carbonyl (C=O) groups is 2. The summed E-state index contributed by atoms with van der Waals surface area (Å²) in [6.07, 6.45) is -0.350. The number of hydrogen-bond donors (Lipinski definition) is 2. The highest BCUT2D eigenvalue weighted by atomic mass is 35.5. The SMILES string of the molecule is CC(C)C1Nc2ccccc2C(=O)N1NC(=O)COc1ccc(Cl)cc1. The fourth-order valence-electron chi connectivity index (χ4n) is 2.71. The summed E-state index contributed by atoms with van der Waals surface area (Å²) in [5.74, 6) is -0.0544. The van der Waals surface area contributed by atoms with Crippen molar-refractivity contribution in [3.8, 4) is 5.75 Å². The molecule has 136 valence electrons. The zero-order valence-corrected chi connectivity index (χ0v) is 15.3. The molecular weight excluding hydrogens is 354 g/mol. The number of nitrogens with zero attached hydrogens (tertiary/aromatic N) is 1. The van der Waals surface area contributed by atoms with Crippen LogP contribution in [-0.2, 0) is 4.79 Å². The van der Waals surface area contributed by atoms with Crippen molar-refractivity contribution in [1.82, 2.24) is 10.4 Å². The molecule has 26 heavy (non-hydrogen) atoms. The van der Waals surface area contributed by atoms with Crippen LogP contribution in [-0.4, -0.2) is 29.6 Å². The highest BCUT2D eigenvalue weighted by molar-refractivity contribution is 6.30. The summed E-state index contributed by atoms with van der Waals surface area (Å²) >= 11 is 5.82. The third kappa shape index (κ3) is 3.91. The third-order valence-electron chi connectivity index (χ3n) is 4.02. The van der Waals surface area contributed by atoms with Gasteiger partial charge in [0, 0.05) is 10.7 Å². The van der Waals surface area contributed by atoms with Crippen LogP contribution in [0, 0.1) is 5.92 Å². The number of rotatable bonds is 5. The van der Waals surface area contributed by atoms with Gasteiger partial charge in [0.1, 0.15) is 11.9 Å². The summed E-state index contributed by atoms with van der Waals surface area (Å²) < 4.78 is 5.44. The first-order valence-electron chi connectivity index (χ1n) is 8.32. The number of benzene rings is 2.